The van der Waals surface area contributed by atoms with Gasteiger partial charge in [0.2, 0.25) is 5.91 Å². The minimum absolute atomic E-state index is 0.124. The van der Waals surface area contributed by atoms with Crippen LogP contribution >= 0.6 is 11.6 Å². The maximum Gasteiger partial charge on any atom is 0.323 e. The lowest BCUT2D eigenvalue weighted by molar-refractivity contribution is -0.134. The molecular weight excluding hydrogens is 544 g/mol. The Morgan fingerprint density at radius 3 is 2.56 bits per heavy atom. The van der Waals surface area contributed by atoms with Crippen LogP contribution in [-0.2, 0) is 16.1 Å². The molecule has 0 aliphatic carbocycles. The Morgan fingerprint density at radius 1 is 1.00 bits per heavy atom. The molecule has 0 radical (unpaired) electrons. The lowest BCUT2D eigenvalue weighted by atomic mass is 9.94. The summed E-state index contributed by atoms with van der Waals surface area (Å²) in [5.41, 5.74) is 3.39. The highest BCUT2D eigenvalue weighted by atomic mass is 35.5. The van der Waals surface area contributed by atoms with Crippen molar-refractivity contribution in [1.82, 2.24) is 10.2 Å². The Kier molecular flexibility index (Phi) is 8.75. The number of hydrogen-bond donors (Lipinski definition) is 3. The fraction of sp³-hybridized carbons (Fsp3) is 0.323. The van der Waals surface area contributed by atoms with Crippen molar-refractivity contribution in [3.8, 4) is 5.75 Å². The molecule has 0 aromatic heterocycles. The molecule has 1 saturated heterocycles. The molecule has 10 heteroatoms. The molecule has 2 aliphatic rings. The Labute approximate surface area is 244 Å². The van der Waals surface area contributed by atoms with Crippen LogP contribution in [0.2, 0.25) is 5.02 Å². The van der Waals surface area contributed by atoms with Crippen molar-refractivity contribution in [3.05, 3.63) is 88.4 Å². The lowest BCUT2D eigenvalue weighted by Gasteiger charge is -2.42. The fourth-order valence-corrected chi connectivity index (χ4v) is 5.44. The Morgan fingerprint density at radius 2 is 1.78 bits per heavy atom. The van der Waals surface area contributed by atoms with Gasteiger partial charge in [-0.15, -0.1) is 0 Å². The van der Waals surface area contributed by atoms with Crippen LogP contribution in [0.4, 0.5) is 16.2 Å². The van der Waals surface area contributed by atoms with Crippen molar-refractivity contribution in [3.63, 3.8) is 0 Å². The highest BCUT2D eigenvalue weighted by Crippen LogP contribution is 2.32. The summed E-state index contributed by atoms with van der Waals surface area (Å²) in [5.74, 6) is 0.0616. The van der Waals surface area contributed by atoms with Crippen LogP contribution in [0.15, 0.2) is 66.7 Å². The van der Waals surface area contributed by atoms with E-state index in [0.29, 0.717) is 47.1 Å². The minimum atomic E-state index is -0.411. The molecule has 2 aliphatic heterocycles. The van der Waals surface area contributed by atoms with Gasteiger partial charge in [0.25, 0.3) is 5.91 Å². The highest BCUT2D eigenvalue weighted by molar-refractivity contribution is 6.31. The first-order valence-electron chi connectivity index (χ1n) is 13.6. The monoisotopic (exact) mass is 576 g/mol. The first-order chi connectivity index (χ1) is 19.8. The quantitative estimate of drug-likeness (QED) is 0.365. The number of ether oxygens (including phenoxy) is 2. The predicted molar refractivity (Wildman–Crippen MR) is 157 cm³/mol. The number of carbonyl (C=O) groups excluding carboxylic acids is 3. The smallest absolute Gasteiger partial charge is 0.323 e. The van der Waals surface area contributed by atoms with Crippen molar-refractivity contribution >= 4 is 40.8 Å². The van der Waals surface area contributed by atoms with Crippen molar-refractivity contribution in [2.24, 2.45) is 0 Å². The second-order valence-corrected chi connectivity index (χ2v) is 10.8. The number of rotatable bonds is 6. The first kappa shape index (κ1) is 28.4. The Balaban J connectivity index is 1.20. The number of urea groups is 1. The van der Waals surface area contributed by atoms with Crippen LogP contribution in [0, 0.1) is 6.92 Å². The molecule has 3 atom stereocenters. The number of fused-ring (bicyclic) bond motifs is 2. The van der Waals surface area contributed by atoms with E-state index in [-0.39, 0.29) is 43.1 Å². The number of halogens is 1. The van der Waals surface area contributed by atoms with Gasteiger partial charge in [-0.25, -0.2) is 4.79 Å². The minimum Gasteiger partial charge on any atom is -0.490 e. The van der Waals surface area contributed by atoms with Crippen molar-refractivity contribution < 1.29 is 23.9 Å². The molecule has 3 aromatic carbocycles. The van der Waals surface area contributed by atoms with Crippen LogP contribution in [0.5, 0.6) is 5.75 Å². The second kappa shape index (κ2) is 12.6. The molecule has 41 heavy (non-hydrogen) atoms. The average Bonchev–Trinajstić information content (AvgIpc) is 2.95. The number of nitrogens with zero attached hydrogens (tertiary/aromatic N) is 1. The highest BCUT2D eigenvalue weighted by Gasteiger charge is 2.39. The maximum atomic E-state index is 13.5. The zero-order valence-corrected chi connectivity index (χ0v) is 23.7. The Bertz CT molecular complexity index is 1450. The second-order valence-electron chi connectivity index (χ2n) is 10.4. The van der Waals surface area contributed by atoms with Crippen LogP contribution in [-0.4, -0.2) is 54.6 Å². The average molecular weight is 577 g/mol. The fourth-order valence-electron chi connectivity index (χ4n) is 5.24. The van der Waals surface area contributed by atoms with Crippen molar-refractivity contribution in [1.29, 1.82) is 0 Å². The number of hydrogen-bond acceptors (Lipinski definition) is 5. The molecule has 5 rings (SSSR count). The van der Waals surface area contributed by atoms with Crippen LogP contribution in [0.3, 0.4) is 0 Å². The normalized spacial score (nSPS) is 20.0. The van der Waals surface area contributed by atoms with Gasteiger partial charge < -0.3 is 30.3 Å². The number of benzene rings is 3. The van der Waals surface area contributed by atoms with Gasteiger partial charge in [0.05, 0.1) is 24.1 Å². The van der Waals surface area contributed by atoms with Gasteiger partial charge >= 0.3 is 6.03 Å². The zero-order chi connectivity index (χ0) is 28.9. The molecule has 3 aromatic rings. The lowest BCUT2D eigenvalue weighted by Crippen LogP contribution is -2.53. The van der Waals surface area contributed by atoms with Gasteiger partial charge in [0.1, 0.15) is 18.5 Å². The zero-order valence-electron chi connectivity index (χ0n) is 23.0. The molecule has 0 saturated carbocycles. The number of likely N-dealkylation sites (N-methyl/N-ethyl adjacent to an activating group) is 1. The standard InChI is InChI=1S/C31H33ClN4O5/c1-19-6-5-8-21(14-19)34-31(39)35-22-10-13-27-24(15-22)30(38)36(2)26-12-11-23(41-28(26)18-40-27)16-29(37)33-17-20-7-3-4-9-25(20)32/h3-10,13-15,23,26,28H,11-12,16-18H2,1-2H3,(H,33,37)(H2,34,35,39)/t23-,26+,28+/m1/s1. The molecule has 1 fully saturated rings. The van der Waals surface area contributed by atoms with Crippen LogP contribution in [0.25, 0.3) is 0 Å². The van der Waals surface area contributed by atoms with Crippen molar-refractivity contribution in [2.75, 3.05) is 24.3 Å². The van der Waals surface area contributed by atoms with E-state index in [9.17, 15) is 14.4 Å². The number of nitrogens with one attached hydrogen (secondary N) is 3. The maximum absolute atomic E-state index is 13.5. The molecule has 0 unspecified atom stereocenters. The summed E-state index contributed by atoms with van der Waals surface area (Å²) in [5, 5.41) is 9.11. The molecule has 2 heterocycles. The van der Waals surface area contributed by atoms with Gasteiger partial charge in [-0.3, -0.25) is 9.59 Å². The van der Waals surface area contributed by atoms with E-state index in [2.05, 4.69) is 16.0 Å². The van der Waals surface area contributed by atoms with E-state index >= 15 is 0 Å². The summed E-state index contributed by atoms with van der Waals surface area (Å²) >= 11 is 6.19. The molecule has 3 N–H and O–H groups in total. The molecule has 0 bridgehead atoms. The molecule has 214 valence electrons. The largest absolute Gasteiger partial charge is 0.490 e. The van der Waals surface area contributed by atoms with Gasteiger partial charge in [-0.1, -0.05) is 41.9 Å². The third-order valence-corrected chi connectivity index (χ3v) is 7.76. The summed E-state index contributed by atoms with van der Waals surface area (Å²) in [6, 6.07) is 19.2. The van der Waals surface area contributed by atoms with E-state index in [0.717, 1.165) is 11.1 Å². The van der Waals surface area contributed by atoms with Gasteiger partial charge in [-0.2, -0.15) is 0 Å². The summed E-state index contributed by atoms with van der Waals surface area (Å²) in [7, 11) is 1.75. The van der Waals surface area contributed by atoms with E-state index in [1.807, 2.05) is 43.3 Å². The van der Waals surface area contributed by atoms with E-state index < -0.39 is 6.03 Å². The van der Waals surface area contributed by atoms with E-state index in [4.69, 9.17) is 21.1 Å². The third-order valence-electron chi connectivity index (χ3n) is 7.39. The van der Waals surface area contributed by atoms with E-state index in [1.54, 1.807) is 42.3 Å². The predicted octanol–water partition coefficient (Wildman–Crippen LogP) is 5.38. The first-order valence-corrected chi connectivity index (χ1v) is 14.0. The van der Waals surface area contributed by atoms with Gasteiger partial charge in [0, 0.05) is 30.0 Å². The molecular formula is C31H33ClN4O5. The van der Waals surface area contributed by atoms with Crippen LogP contribution < -0.4 is 20.7 Å². The number of aryl methyl sites for hydroxylation is 1. The SMILES string of the molecule is Cc1cccc(NC(=O)Nc2ccc3c(c2)C(=O)N(C)[C@H]2CC[C@H](CC(=O)NCc4ccccc4Cl)O[C@H]2CO3)c1. The third kappa shape index (κ3) is 6.99. The van der Waals surface area contributed by atoms with Gasteiger partial charge in [-0.05, 0) is 67.3 Å². The summed E-state index contributed by atoms with van der Waals surface area (Å²) in [6.07, 6.45) is 0.843. The van der Waals surface area contributed by atoms with Crippen molar-refractivity contribution in [2.45, 2.75) is 51.0 Å². The number of anilines is 2. The summed E-state index contributed by atoms with van der Waals surface area (Å²) in [4.78, 5) is 40.4. The van der Waals surface area contributed by atoms with E-state index in [1.165, 1.54) is 0 Å². The van der Waals surface area contributed by atoms with Gasteiger partial charge in [0.15, 0.2) is 0 Å². The number of carbonyl (C=O) groups is 3. The van der Waals surface area contributed by atoms with Crippen LogP contribution in [0.1, 0.15) is 40.7 Å². The topological polar surface area (TPSA) is 109 Å². The Hall–Kier alpha value is -4.08. The molecule has 0 spiro atoms. The summed E-state index contributed by atoms with van der Waals surface area (Å²) in [6.45, 7) is 2.52. The molecule has 9 nitrogen and oxygen atoms in total. The summed E-state index contributed by atoms with van der Waals surface area (Å²) < 4.78 is 12.3. The number of amides is 4. The molecule has 4 amide bonds.